The van der Waals surface area contributed by atoms with Gasteiger partial charge in [-0.25, -0.2) is 0 Å². The normalized spacial score (nSPS) is 19.4. The Balaban J connectivity index is 1.32. The van der Waals surface area contributed by atoms with Gasteiger partial charge in [0.25, 0.3) is 0 Å². The van der Waals surface area contributed by atoms with Crippen molar-refractivity contribution in [1.29, 1.82) is 0 Å². The molecule has 6 heteroatoms. The molecule has 2 aliphatic heterocycles. The lowest BCUT2D eigenvalue weighted by molar-refractivity contribution is -0.132. The van der Waals surface area contributed by atoms with E-state index in [4.69, 9.17) is 4.74 Å². The van der Waals surface area contributed by atoms with Gasteiger partial charge in [0.1, 0.15) is 0 Å². The third-order valence-corrected chi connectivity index (χ3v) is 7.01. The van der Waals surface area contributed by atoms with Crippen molar-refractivity contribution in [3.05, 3.63) is 69.7 Å². The summed E-state index contributed by atoms with van der Waals surface area (Å²) >= 11 is 3.59. The van der Waals surface area contributed by atoms with Crippen LogP contribution in [0.25, 0.3) is 0 Å². The summed E-state index contributed by atoms with van der Waals surface area (Å²) in [5.41, 5.74) is 3.66. The van der Waals surface area contributed by atoms with E-state index in [1.807, 2.05) is 11.0 Å². The van der Waals surface area contributed by atoms with E-state index in [-0.39, 0.29) is 11.4 Å². The van der Waals surface area contributed by atoms with Crippen LogP contribution in [-0.4, -0.2) is 61.6 Å². The number of ether oxygens (including phenoxy) is 1. The molecule has 0 unspecified atom stereocenters. The number of carbonyl (C=O) groups is 1. The van der Waals surface area contributed by atoms with Crippen LogP contribution in [0, 0.1) is 6.92 Å². The molecule has 4 rings (SSSR count). The number of halogens is 1. The molecule has 166 valence electrons. The lowest BCUT2D eigenvalue weighted by Crippen LogP contribution is -2.54. The maximum absolute atomic E-state index is 13.0. The van der Waals surface area contributed by atoms with Crippen molar-refractivity contribution in [3.8, 4) is 0 Å². The minimum absolute atomic E-state index is 0.191. The zero-order chi connectivity index (χ0) is 21.7. The highest BCUT2D eigenvalue weighted by Crippen LogP contribution is 2.33. The van der Waals surface area contributed by atoms with Gasteiger partial charge < -0.3 is 9.64 Å². The minimum Gasteiger partial charge on any atom is -0.381 e. The van der Waals surface area contributed by atoms with Gasteiger partial charge in [-0.1, -0.05) is 57.9 Å². The summed E-state index contributed by atoms with van der Waals surface area (Å²) in [5, 5.41) is 3.63. The smallest absolute Gasteiger partial charge is 0.236 e. The minimum atomic E-state index is -0.204. The summed E-state index contributed by atoms with van der Waals surface area (Å²) in [6.07, 6.45) is 1.75. The molecular formula is C25H32BrN3O2. The van der Waals surface area contributed by atoms with E-state index < -0.39 is 0 Å². The van der Waals surface area contributed by atoms with E-state index in [0.717, 1.165) is 50.0 Å². The molecule has 2 saturated heterocycles. The van der Waals surface area contributed by atoms with Crippen LogP contribution in [0.1, 0.15) is 29.5 Å². The molecule has 0 aliphatic carbocycles. The Labute approximate surface area is 193 Å². The molecule has 0 bridgehead atoms. The summed E-state index contributed by atoms with van der Waals surface area (Å²) in [4.78, 5) is 17.4. The SMILES string of the molecule is Cc1cccc(CN2CCN(C(=O)CNC3(c4cccc(Br)c4)CCOCC3)CC2)c1. The van der Waals surface area contributed by atoms with E-state index in [2.05, 4.69) is 75.5 Å². The van der Waals surface area contributed by atoms with Crippen LogP contribution in [0.15, 0.2) is 53.0 Å². The fourth-order valence-electron chi connectivity index (χ4n) is 4.65. The van der Waals surface area contributed by atoms with E-state index in [1.165, 1.54) is 16.7 Å². The summed E-state index contributed by atoms with van der Waals surface area (Å²) in [5.74, 6) is 0.191. The van der Waals surface area contributed by atoms with Gasteiger partial charge in [-0.2, -0.15) is 0 Å². The lowest BCUT2D eigenvalue weighted by atomic mass is 9.82. The second kappa shape index (κ2) is 10.3. The molecule has 2 fully saturated rings. The Kier molecular flexibility index (Phi) is 7.43. The number of rotatable bonds is 6. The molecule has 2 aromatic rings. The lowest BCUT2D eigenvalue weighted by Gasteiger charge is -2.40. The largest absolute Gasteiger partial charge is 0.381 e. The van der Waals surface area contributed by atoms with Gasteiger partial charge in [-0.15, -0.1) is 0 Å². The van der Waals surface area contributed by atoms with Crippen molar-refractivity contribution < 1.29 is 9.53 Å². The summed E-state index contributed by atoms with van der Waals surface area (Å²) in [6.45, 7) is 8.30. The molecule has 5 nitrogen and oxygen atoms in total. The maximum atomic E-state index is 13.0. The second-order valence-corrected chi connectivity index (χ2v) is 9.62. The van der Waals surface area contributed by atoms with Gasteiger partial charge in [-0.3, -0.25) is 15.0 Å². The topological polar surface area (TPSA) is 44.8 Å². The van der Waals surface area contributed by atoms with Gasteiger partial charge in [0.05, 0.1) is 6.54 Å². The van der Waals surface area contributed by atoms with Gasteiger partial charge in [0.2, 0.25) is 5.91 Å². The Morgan fingerprint density at radius 1 is 1.06 bits per heavy atom. The van der Waals surface area contributed by atoms with Crippen LogP contribution in [0.5, 0.6) is 0 Å². The fourth-order valence-corrected chi connectivity index (χ4v) is 5.05. The average Bonchev–Trinajstić information content (AvgIpc) is 2.79. The molecule has 0 spiro atoms. The van der Waals surface area contributed by atoms with Crippen molar-refractivity contribution in [2.45, 2.75) is 31.8 Å². The maximum Gasteiger partial charge on any atom is 0.236 e. The number of piperazine rings is 1. The second-order valence-electron chi connectivity index (χ2n) is 8.70. The molecule has 0 aromatic heterocycles. The highest BCUT2D eigenvalue weighted by molar-refractivity contribution is 9.10. The van der Waals surface area contributed by atoms with E-state index >= 15 is 0 Å². The quantitative estimate of drug-likeness (QED) is 0.677. The third-order valence-electron chi connectivity index (χ3n) is 6.52. The monoisotopic (exact) mass is 485 g/mol. The number of nitrogens with zero attached hydrogens (tertiary/aromatic N) is 2. The predicted molar refractivity (Wildman–Crippen MR) is 127 cm³/mol. The summed E-state index contributed by atoms with van der Waals surface area (Å²) in [6, 6.07) is 17.1. The van der Waals surface area contributed by atoms with Gasteiger partial charge >= 0.3 is 0 Å². The Bertz CT molecular complexity index is 890. The summed E-state index contributed by atoms with van der Waals surface area (Å²) in [7, 11) is 0. The van der Waals surface area contributed by atoms with Crippen molar-refractivity contribution >= 4 is 21.8 Å². The van der Waals surface area contributed by atoms with Gasteiger partial charge in [0, 0.05) is 55.9 Å². The van der Waals surface area contributed by atoms with E-state index in [0.29, 0.717) is 19.8 Å². The first-order valence-corrected chi connectivity index (χ1v) is 12.0. The van der Waals surface area contributed by atoms with Crippen molar-refractivity contribution in [2.75, 3.05) is 45.9 Å². The molecule has 2 aromatic carbocycles. The number of amides is 1. The standard InChI is InChI=1S/C25H32BrN3O2/c1-20-4-2-5-21(16-20)19-28-10-12-29(13-11-28)24(30)18-27-25(8-14-31-15-9-25)22-6-3-7-23(26)17-22/h2-7,16-17,27H,8-15,18-19H2,1H3. The molecule has 31 heavy (non-hydrogen) atoms. The Hall–Kier alpha value is -1.73. The molecule has 2 heterocycles. The number of aryl methyl sites for hydroxylation is 1. The molecular weight excluding hydrogens is 454 g/mol. The van der Waals surface area contributed by atoms with Crippen LogP contribution in [0.4, 0.5) is 0 Å². The average molecular weight is 486 g/mol. The van der Waals surface area contributed by atoms with Crippen molar-refractivity contribution in [3.63, 3.8) is 0 Å². The highest BCUT2D eigenvalue weighted by Gasteiger charge is 2.35. The fraction of sp³-hybridized carbons (Fsp3) is 0.480. The molecule has 2 aliphatic rings. The molecule has 1 amide bonds. The zero-order valence-electron chi connectivity index (χ0n) is 18.3. The number of nitrogens with one attached hydrogen (secondary N) is 1. The van der Waals surface area contributed by atoms with E-state index in [9.17, 15) is 4.79 Å². The number of benzene rings is 2. The zero-order valence-corrected chi connectivity index (χ0v) is 19.9. The van der Waals surface area contributed by atoms with Gasteiger partial charge in [0.15, 0.2) is 0 Å². The number of hydrogen-bond donors (Lipinski definition) is 1. The molecule has 0 atom stereocenters. The molecule has 0 saturated carbocycles. The van der Waals surface area contributed by atoms with Crippen molar-refractivity contribution in [1.82, 2.24) is 15.1 Å². The Morgan fingerprint density at radius 2 is 1.81 bits per heavy atom. The van der Waals surface area contributed by atoms with Gasteiger partial charge in [-0.05, 0) is 43.0 Å². The van der Waals surface area contributed by atoms with Crippen LogP contribution < -0.4 is 5.32 Å². The predicted octanol–water partition coefficient (Wildman–Crippen LogP) is 3.70. The first-order valence-electron chi connectivity index (χ1n) is 11.2. The highest BCUT2D eigenvalue weighted by atomic mass is 79.9. The molecule has 1 N–H and O–H groups in total. The number of hydrogen-bond acceptors (Lipinski definition) is 4. The summed E-state index contributed by atoms with van der Waals surface area (Å²) < 4.78 is 6.68. The third kappa shape index (κ3) is 5.75. The van der Waals surface area contributed by atoms with Crippen molar-refractivity contribution in [2.24, 2.45) is 0 Å². The number of carbonyl (C=O) groups excluding carboxylic acids is 1. The first-order chi connectivity index (χ1) is 15.0. The van der Waals surface area contributed by atoms with Crippen LogP contribution >= 0.6 is 15.9 Å². The first kappa shape index (κ1) is 22.5. The van der Waals surface area contributed by atoms with E-state index in [1.54, 1.807) is 0 Å². The van der Waals surface area contributed by atoms with Crippen LogP contribution in [0.2, 0.25) is 0 Å². The Morgan fingerprint density at radius 3 is 2.52 bits per heavy atom. The molecule has 0 radical (unpaired) electrons. The van der Waals surface area contributed by atoms with Crippen LogP contribution in [-0.2, 0) is 21.6 Å². The van der Waals surface area contributed by atoms with Crippen LogP contribution in [0.3, 0.4) is 0 Å².